The average molecular weight is 182 g/mol. The molecule has 0 aliphatic carbocycles. The average Bonchev–Trinajstić information content (AvgIpc) is 2.23. The molecular formula is C10H18N2O. The zero-order valence-electron chi connectivity index (χ0n) is 8.20. The Bertz CT molecular complexity index is 201. The number of nitrogens with two attached hydrogens (primary N) is 1. The smallest absolute Gasteiger partial charge is 0.0914 e. The third-order valence-corrected chi connectivity index (χ3v) is 1.58. The van der Waals surface area contributed by atoms with Gasteiger partial charge in [0.1, 0.15) is 0 Å². The van der Waals surface area contributed by atoms with E-state index in [-0.39, 0.29) is 6.10 Å². The van der Waals surface area contributed by atoms with E-state index in [1.54, 1.807) is 0 Å². The van der Waals surface area contributed by atoms with Crippen LogP contribution in [0.3, 0.4) is 0 Å². The molecule has 0 amide bonds. The second-order valence-corrected chi connectivity index (χ2v) is 2.48. The number of aliphatic hydroxyl groups excluding tert-OH is 1. The van der Waals surface area contributed by atoms with Gasteiger partial charge in [-0.1, -0.05) is 30.3 Å². The fourth-order valence-corrected chi connectivity index (χ4v) is 0.986. The molecule has 0 fully saturated rings. The van der Waals surface area contributed by atoms with Gasteiger partial charge in [-0.15, -0.1) is 0 Å². The van der Waals surface area contributed by atoms with Crippen molar-refractivity contribution in [2.24, 2.45) is 5.73 Å². The zero-order valence-corrected chi connectivity index (χ0v) is 8.20. The van der Waals surface area contributed by atoms with Crippen LogP contribution < -0.4 is 11.1 Å². The molecule has 1 atom stereocenters. The van der Waals surface area contributed by atoms with Crippen molar-refractivity contribution in [1.29, 1.82) is 0 Å². The van der Waals surface area contributed by atoms with Crippen molar-refractivity contribution in [3.8, 4) is 0 Å². The lowest BCUT2D eigenvalue weighted by atomic mass is 10.1. The third-order valence-electron chi connectivity index (χ3n) is 1.58. The Kier molecular flexibility index (Phi) is 7.20. The van der Waals surface area contributed by atoms with E-state index in [1.807, 2.05) is 37.4 Å². The topological polar surface area (TPSA) is 58.3 Å². The van der Waals surface area contributed by atoms with Crippen LogP contribution in [0.5, 0.6) is 0 Å². The molecule has 0 bridgehead atoms. The molecule has 3 nitrogen and oxygen atoms in total. The van der Waals surface area contributed by atoms with Crippen LogP contribution in [0.2, 0.25) is 0 Å². The fraction of sp³-hybridized carbons (Fsp3) is 0.400. The minimum absolute atomic E-state index is 0.388. The van der Waals surface area contributed by atoms with E-state index in [2.05, 4.69) is 11.1 Å². The number of nitrogens with one attached hydrogen (secondary N) is 1. The van der Waals surface area contributed by atoms with Crippen molar-refractivity contribution in [3.05, 3.63) is 35.9 Å². The van der Waals surface area contributed by atoms with Gasteiger partial charge in [0.05, 0.1) is 6.10 Å². The van der Waals surface area contributed by atoms with Crippen molar-refractivity contribution in [2.45, 2.75) is 6.10 Å². The van der Waals surface area contributed by atoms with E-state index in [9.17, 15) is 5.11 Å². The van der Waals surface area contributed by atoms with E-state index >= 15 is 0 Å². The largest absolute Gasteiger partial charge is 0.387 e. The summed E-state index contributed by atoms with van der Waals surface area (Å²) in [6, 6.07) is 9.63. The molecule has 0 aliphatic heterocycles. The van der Waals surface area contributed by atoms with E-state index in [1.165, 1.54) is 7.05 Å². The Hall–Kier alpha value is -0.900. The standard InChI is InChI=1S/C9H13NO.CH5N/c1-10-7-9(11)8-5-3-2-4-6-8;1-2/h2-6,9-11H,7H2,1H3;2H2,1H3. The highest BCUT2D eigenvalue weighted by Gasteiger charge is 2.03. The Labute approximate surface area is 79.6 Å². The number of rotatable bonds is 3. The lowest BCUT2D eigenvalue weighted by molar-refractivity contribution is 0.178. The number of likely N-dealkylation sites (N-methyl/N-ethyl adjacent to an activating group) is 1. The fourth-order valence-electron chi connectivity index (χ4n) is 0.986. The molecule has 74 valence electrons. The molecule has 0 aromatic heterocycles. The van der Waals surface area contributed by atoms with Crippen LogP contribution in [-0.2, 0) is 0 Å². The van der Waals surface area contributed by atoms with E-state index in [4.69, 9.17) is 0 Å². The molecule has 1 aromatic carbocycles. The molecule has 0 spiro atoms. The van der Waals surface area contributed by atoms with Gasteiger partial charge in [-0.2, -0.15) is 0 Å². The summed E-state index contributed by atoms with van der Waals surface area (Å²) in [5.74, 6) is 0. The van der Waals surface area contributed by atoms with Crippen molar-refractivity contribution in [2.75, 3.05) is 20.6 Å². The molecule has 1 unspecified atom stereocenters. The van der Waals surface area contributed by atoms with Gasteiger partial charge < -0.3 is 16.2 Å². The summed E-state index contributed by atoms with van der Waals surface area (Å²) in [6.45, 7) is 0.601. The highest BCUT2D eigenvalue weighted by atomic mass is 16.3. The van der Waals surface area contributed by atoms with Gasteiger partial charge in [-0.3, -0.25) is 0 Å². The molecule has 0 radical (unpaired) electrons. The number of hydrogen-bond donors (Lipinski definition) is 3. The number of aliphatic hydroxyl groups is 1. The first-order chi connectivity index (χ1) is 6.34. The number of benzene rings is 1. The molecule has 1 aromatic rings. The Morgan fingerprint density at radius 2 is 1.85 bits per heavy atom. The molecule has 3 heteroatoms. The van der Waals surface area contributed by atoms with Crippen LogP contribution in [0.1, 0.15) is 11.7 Å². The normalized spacial score (nSPS) is 11.4. The molecule has 1 rings (SSSR count). The van der Waals surface area contributed by atoms with Crippen molar-refractivity contribution in [3.63, 3.8) is 0 Å². The van der Waals surface area contributed by atoms with E-state index < -0.39 is 0 Å². The van der Waals surface area contributed by atoms with Crippen LogP contribution >= 0.6 is 0 Å². The highest BCUT2D eigenvalue weighted by molar-refractivity contribution is 5.17. The molecule has 0 saturated carbocycles. The van der Waals surface area contributed by atoms with Crippen LogP contribution in [0.25, 0.3) is 0 Å². The van der Waals surface area contributed by atoms with E-state index in [0.717, 1.165) is 5.56 Å². The second-order valence-electron chi connectivity index (χ2n) is 2.48. The SMILES string of the molecule is CN.CNCC(O)c1ccccc1. The van der Waals surface area contributed by atoms with Gasteiger partial charge in [0.25, 0.3) is 0 Å². The lowest BCUT2D eigenvalue weighted by Gasteiger charge is -2.08. The maximum atomic E-state index is 9.46. The zero-order chi connectivity index (χ0) is 10.1. The first kappa shape index (κ1) is 12.1. The van der Waals surface area contributed by atoms with Gasteiger partial charge >= 0.3 is 0 Å². The highest BCUT2D eigenvalue weighted by Crippen LogP contribution is 2.09. The molecular weight excluding hydrogens is 164 g/mol. The number of hydrogen-bond acceptors (Lipinski definition) is 3. The van der Waals surface area contributed by atoms with Crippen LogP contribution in [0, 0.1) is 0 Å². The van der Waals surface area contributed by atoms with Crippen molar-refractivity contribution >= 4 is 0 Å². The minimum Gasteiger partial charge on any atom is -0.387 e. The first-order valence-corrected chi connectivity index (χ1v) is 4.30. The summed E-state index contributed by atoms with van der Waals surface area (Å²) >= 11 is 0. The summed E-state index contributed by atoms with van der Waals surface area (Å²) < 4.78 is 0. The summed E-state index contributed by atoms with van der Waals surface area (Å²) in [7, 11) is 3.33. The van der Waals surface area contributed by atoms with Gasteiger partial charge in [-0.05, 0) is 19.7 Å². The Balaban J connectivity index is 0.000000671. The maximum absolute atomic E-state index is 9.46. The van der Waals surface area contributed by atoms with Gasteiger partial charge in [-0.25, -0.2) is 0 Å². The molecule has 0 aliphatic rings. The molecule has 0 saturated heterocycles. The quantitative estimate of drug-likeness (QED) is 0.638. The molecule has 0 heterocycles. The van der Waals surface area contributed by atoms with Gasteiger partial charge in [0.15, 0.2) is 0 Å². The predicted octanol–water partition coefficient (Wildman–Crippen LogP) is 0.514. The summed E-state index contributed by atoms with van der Waals surface area (Å²) in [4.78, 5) is 0. The van der Waals surface area contributed by atoms with Crippen molar-refractivity contribution < 1.29 is 5.11 Å². The molecule has 13 heavy (non-hydrogen) atoms. The Morgan fingerprint density at radius 1 is 1.31 bits per heavy atom. The van der Waals surface area contributed by atoms with Crippen LogP contribution in [0.15, 0.2) is 30.3 Å². The van der Waals surface area contributed by atoms with Gasteiger partial charge in [0, 0.05) is 6.54 Å². The lowest BCUT2D eigenvalue weighted by Crippen LogP contribution is -2.16. The third kappa shape index (κ3) is 4.62. The monoisotopic (exact) mass is 182 g/mol. The predicted molar refractivity (Wildman–Crippen MR) is 55.4 cm³/mol. The van der Waals surface area contributed by atoms with Gasteiger partial charge in [0.2, 0.25) is 0 Å². The summed E-state index contributed by atoms with van der Waals surface area (Å²) in [5.41, 5.74) is 5.46. The summed E-state index contributed by atoms with van der Waals surface area (Å²) in [5, 5.41) is 12.4. The van der Waals surface area contributed by atoms with Crippen LogP contribution in [-0.4, -0.2) is 25.7 Å². The second kappa shape index (κ2) is 7.73. The maximum Gasteiger partial charge on any atom is 0.0914 e. The van der Waals surface area contributed by atoms with Crippen molar-refractivity contribution in [1.82, 2.24) is 5.32 Å². The summed E-state index contributed by atoms with van der Waals surface area (Å²) in [6.07, 6.45) is -0.388. The first-order valence-electron chi connectivity index (χ1n) is 4.30. The molecule has 4 N–H and O–H groups in total. The van der Waals surface area contributed by atoms with Crippen LogP contribution in [0.4, 0.5) is 0 Å². The minimum atomic E-state index is -0.388. The van der Waals surface area contributed by atoms with E-state index in [0.29, 0.717) is 6.54 Å². The Morgan fingerprint density at radius 3 is 2.31 bits per heavy atom.